The first-order valence-electron chi connectivity index (χ1n) is 7.62. The standard InChI is InChI=1S/C16H20N4O2S/c1-10(2)12-8-17-16(20(12)11(3)4)23-9-14-18-19-15(22-14)13-6-5-7-21-13/h5-8,10-11H,9H2,1-4H3. The molecule has 0 N–H and O–H groups in total. The topological polar surface area (TPSA) is 69.9 Å². The van der Waals surface area contributed by atoms with E-state index in [1.807, 2.05) is 6.20 Å². The summed E-state index contributed by atoms with van der Waals surface area (Å²) < 4.78 is 13.1. The molecule has 0 atom stereocenters. The van der Waals surface area contributed by atoms with Crippen molar-refractivity contribution in [3.05, 3.63) is 36.2 Å². The Morgan fingerprint density at radius 3 is 2.70 bits per heavy atom. The molecule has 0 spiro atoms. The van der Waals surface area contributed by atoms with E-state index in [2.05, 4.69) is 47.4 Å². The van der Waals surface area contributed by atoms with Crippen molar-refractivity contribution in [2.24, 2.45) is 0 Å². The highest BCUT2D eigenvalue weighted by Gasteiger charge is 2.17. The predicted molar refractivity (Wildman–Crippen MR) is 88.3 cm³/mol. The van der Waals surface area contributed by atoms with Crippen LogP contribution in [0.4, 0.5) is 0 Å². The summed E-state index contributed by atoms with van der Waals surface area (Å²) in [6.07, 6.45) is 3.54. The van der Waals surface area contributed by atoms with Gasteiger partial charge in [-0.1, -0.05) is 25.6 Å². The van der Waals surface area contributed by atoms with Crippen LogP contribution >= 0.6 is 11.8 Å². The highest BCUT2D eigenvalue weighted by molar-refractivity contribution is 7.98. The zero-order valence-corrected chi connectivity index (χ0v) is 14.5. The third-order valence-corrected chi connectivity index (χ3v) is 4.37. The first-order valence-corrected chi connectivity index (χ1v) is 8.61. The van der Waals surface area contributed by atoms with Crippen LogP contribution in [0, 0.1) is 0 Å². The summed E-state index contributed by atoms with van der Waals surface area (Å²) in [5.74, 6) is 2.56. The molecular weight excluding hydrogens is 312 g/mol. The SMILES string of the molecule is CC(C)c1cnc(SCc2nnc(-c3ccco3)o2)n1C(C)C. The Balaban J connectivity index is 1.74. The van der Waals surface area contributed by atoms with Gasteiger partial charge in [0.1, 0.15) is 0 Å². The van der Waals surface area contributed by atoms with Crippen molar-refractivity contribution in [2.45, 2.75) is 50.6 Å². The minimum absolute atomic E-state index is 0.360. The van der Waals surface area contributed by atoms with E-state index in [1.165, 1.54) is 5.69 Å². The molecule has 0 aliphatic heterocycles. The maximum atomic E-state index is 5.63. The molecule has 0 aliphatic rings. The van der Waals surface area contributed by atoms with Gasteiger partial charge >= 0.3 is 0 Å². The molecule has 3 rings (SSSR count). The summed E-state index contributed by atoms with van der Waals surface area (Å²) >= 11 is 1.60. The van der Waals surface area contributed by atoms with Gasteiger partial charge in [0.2, 0.25) is 5.89 Å². The van der Waals surface area contributed by atoms with Gasteiger partial charge in [-0.05, 0) is 31.9 Å². The van der Waals surface area contributed by atoms with Crippen molar-refractivity contribution < 1.29 is 8.83 Å². The number of hydrogen-bond donors (Lipinski definition) is 0. The highest BCUT2D eigenvalue weighted by atomic mass is 32.2. The van der Waals surface area contributed by atoms with Crippen molar-refractivity contribution in [3.8, 4) is 11.7 Å². The van der Waals surface area contributed by atoms with Crippen molar-refractivity contribution in [1.29, 1.82) is 0 Å². The number of rotatable bonds is 6. The second-order valence-corrected chi connectivity index (χ2v) is 6.79. The van der Waals surface area contributed by atoms with Crippen LogP contribution in [0.3, 0.4) is 0 Å². The highest BCUT2D eigenvalue weighted by Crippen LogP contribution is 2.29. The van der Waals surface area contributed by atoms with Gasteiger partial charge in [0.05, 0.1) is 12.0 Å². The first kappa shape index (κ1) is 15.9. The molecule has 6 nitrogen and oxygen atoms in total. The zero-order valence-electron chi connectivity index (χ0n) is 13.7. The number of nitrogens with zero attached hydrogens (tertiary/aromatic N) is 4. The molecule has 0 saturated carbocycles. The lowest BCUT2D eigenvalue weighted by atomic mass is 10.1. The summed E-state index contributed by atoms with van der Waals surface area (Å²) in [7, 11) is 0. The molecule has 0 amide bonds. The lowest BCUT2D eigenvalue weighted by molar-refractivity contribution is 0.493. The molecule has 0 aromatic carbocycles. The second kappa shape index (κ2) is 6.62. The largest absolute Gasteiger partial charge is 0.459 e. The fourth-order valence-corrected chi connectivity index (χ4v) is 3.30. The Morgan fingerprint density at radius 2 is 2.04 bits per heavy atom. The number of thioether (sulfide) groups is 1. The van der Waals surface area contributed by atoms with Crippen LogP contribution in [0.1, 0.15) is 51.2 Å². The van der Waals surface area contributed by atoms with Crippen LogP contribution in [0.5, 0.6) is 0 Å². The van der Waals surface area contributed by atoms with Gasteiger partial charge in [-0.2, -0.15) is 0 Å². The molecule has 0 unspecified atom stereocenters. The van der Waals surface area contributed by atoms with Gasteiger partial charge < -0.3 is 13.4 Å². The molecule has 3 aromatic rings. The molecule has 7 heteroatoms. The molecule has 0 fully saturated rings. The smallest absolute Gasteiger partial charge is 0.283 e. The number of hydrogen-bond acceptors (Lipinski definition) is 6. The van der Waals surface area contributed by atoms with Crippen LogP contribution in [-0.2, 0) is 5.75 Å². The fourth-order valence-electron chi connectivity index (χ4n) is 2.35. The average Bonchev–Trinajstić information content (AvgIpc) is 3.23. The van der Waals surface area contributed by atoms with E-state index >= 15 is 0 Å². The van der Waals surface area contributed by atoms with Crippen molar-refractivity contribution in [3.63, 3.8) is 0 Å². The summed E-state index contributed by atoms with van der Waals surface area (Å²) in [6.45, 7) is 8.69. The summed E-state index contributed by atoms with van der Waals surface area (Å²) in [5, 5.41) is 9.05. The van der Waals surface area contributed by atoms with E-state index in [9.17, 15) is 0 Å². The number of furan rings is 1. The molecule has 0 aliphatic carbocycles. The van der Waals surface area contributed by atoms with Crippen molar-refractivity contribution in [2.75, 3.05) is 0 Å². The van der Waals surface area contributed by atoms with Gasteiger partial charge in [-0.3, -0.25) is 0 Å². The molecule has 3 aromatic heterocycles. The Morgan fingerprint density at radius 1 is 1.22 bits per heavy atom. The summed E-state index contributed by atoms with van der Waals surface area (Å²) in [6, 6.07) is 3.95. The van der Waals surface area contributed by atoms with E-state index in [-0.39, 0.29) is 0 Å². The lowest BCUT2D eigenvalue weighted by Crippen LogP contribution is -2.08. The minimum Gasteiger partial charge on any atom is -0.459 e. The maximum Gasteiger partial charge on any atom is 0.283 e. The van der Waals surface area contributed by atoms with Crippen LogP contribution < -0.4 is 0 Å². The Bertz CT molecular complexity index is 759. The van der Waals surface area contributed by atoms with E-state index in [0.717, 1.165) is 5.16 Å². The third kappa shape index (κ3) is 3.34. The lowest BCUT2D eigenvalue weighted by Gasteiger charge is -2.16. The van der Waals surface area contributed by atoms with E-state index in [1.54, 1.807) is 30.2 Å². The van der Waals surface area contributed by atoms with Gasteiger partial charge in [-0.25, -0.2) is 4.98 Å². The Kier molecular flexibility index (Phi) is 4.56. The quantitative estimate of drug-likeness (QED) is 0.618. The molecule has 0 bridgehead atoms. The first-order chi connectivity index (χ1) is 11.1. The van der Waals surface area contributed by atoms with Crippen LogP contribution in [-0.4, -0.2) is 19.7 Å². The van der Waals surface area contributed by atoms with Crippen molar-refractivity contribution >= 4 is 11.8 Å². The van der Waals surface area contributed by atoms with E-state index in [4.69, 9.17) is 8.83 Å². The minimum atomic E-state index is 0.360. The van der Waals surface area contributed by atoms with Gasteiger partial charge in [0, 0.05) is 17.9 Å². The predicted octanol–water partition coefficient (Wildman–Crippen LogP) is 4.52. The number of aromatic nitrogens is 4. The van der Waals surface area contributed by atoms with E-state index in [0.29, 0.717) is 35.3 Å². The monoisotopic (exact) mass is 332 g/mol. The number of imidazole rings is 1. The second-order valence-electron chi connectivity index (χ2n) is 5.85. The third-order valence-electron chi connectivity index (χ3n) is 3.42. The molecular formula is C16H20N4O2S. The molecule has 3 heterocycles. The Hall–Kier alpha value is -2.02. The summed E-state index contributed by atoms with van der Waals surface area (Å²) in [5.41, 5.74) is 1.24. The molecule has 122 valence electrons. The normalized spacial score (nSPS) is 11.7. The summed E-state index contributed by atoms with van der Waals surface area (Å²) in [4.78, 5) is 4.55. The average molecular weight is 332 g/mol. The maximum absolute atomic E-state index is 5.63. The van der Waals surface area contributed by atoms with Crippen LogP contribution in [0.2, 0.25) is 0 Å². The zero-order chi connectivity index (χ0) is 16.4. The Labute approximate surface area is 139 Å². The molecule has 23 heavy (non-hydrogen) atoms. The van der Waals surface area contributed by atoms with Gasteiger partial charge in [-0.15, -0.1) is 10.2 Å². The van der Waals surface area contributed by atoms with Gasteiger partial charge in [0.25, 0.3) is 5.89 Å². The van der Waals surface area contributed by atoms with Crippen molar-refractivity contribution in [1.82, 2.24) is 19.7 Å². The molecule has 0 radical (unpaired) electrons. The van der Waals surface area contributed by atoms with Gasteiger partial charge in [0.15, 0.2) is 10.9 Å². The van der Waals surface area contributed by atoms with Crippen LogP contribution in [0.15, 0.2) is 38.6 Å². The van der Waals surface area contributed by atoms with E-state index < -0.39 is 0 Å². The van der Waals surface area contributed by atoms with Crippen LogP contribution in [0.25, 0.3) is 11.7 Å². The molecule has 0 saturated heterocycles. The fraction of sp³-hybridized carbons (Fsp3) is 0.438.